The van der Waals surface area contributed by atoms with E-state index in [2.05, 4.69) is 66.8 Å². The van der Waals surface area contributed by atoms with E-state index in [1.807, 2.05) is 11.6 Å². The van der Waals surface area contributed by atoms with Gasteiger partial charge in [-0.05, 0) is 65.2 Å². The van der Waals surface area contributed by atoms with E-state index < -0.39 is 0 Å². The van der Waals surface area contributed by atoms with E-state index in [0.29, 0.717) is 0 Å². The summed E-state index contributed by atoms with van der Waals surface area (Å²) < 4.78 is 0. The highest BCUT2D eigenvalue weighted by atomic mass is 32.1. The van der Waals surface area contributed by atoms with Crippen LogP contribution in [0.25, 0.3) is 21.6 Å². The summed E-state index contributed by atoms with van der Waals surface area (Å²) in [6.07, 6.45) is 3.94. The van der Waals surface area contributed by atoms with Crippen LogP contribution in [0.4, 0.5) is 5.69 Å². The van der Waals surface area contributed by atoms with Gasteiger partial charge in [-0.2, -0.15) is 10.7 Å². The molecule has 0 fully saturated rings. The average molecular weight is 358 g/mol. The van der Waals surface area contributed by atoms with E-state index >= 15 is 0 Å². The van der Waals surface area contributed by atoms with Crippen LogP contribution in [0, 0.1) is 18.3 Å². The Bertz CT molecular complexity index is 1050. The molecule has 1 aliphatic heterocycles. The highest BCUT2D eigenvalue weighted by Crippen LogP contribution is 2.41. The van der Waals surface area contributed by atoms with Crippen molar-refractivity contribution in [3.8, 4) is 27.6 Å². The highest BCUT2D eigenvalue weighted by molar-refractivity contribution is 7.13. The summed E-state index contributed by atoms with van der Waals surface area (Å²) in [7, 11) is 0. The van der Waals surface area contributed by atoms with Crippen molar-refractivity contribution in [3.05, 3.63) is 64.0 Å². The van der Waals surface area contributed by atoms with Crippen molar-refractivity contribution in [2.24, 2.45) is 5.10 Å². The number of hydrogen-bond acceptors (Lipinski definition) is 3. The molecule has 1 aliphatic rings. The Kier molecular flexibility index (Phi) is 4.42. The molecule has 0 spiro atoms. The number of benzene rings is 2. The monoisotopic (exact) mass is 358 g/mol. The first kappa shape index (κ1) is 16.7. The van der Waals surface area contributed by atoms with Crippen LogP contribution in [0.5, 0.6) is 0 Å². The molecule has 0 saturated heterocycles. The molecular formula is C22H20N3S+. The van der Waals surface area contributed by atoms with Gasteiger partial charge in [0, 0.05) is 16.5 Å². The van der Waals surface area contributed by atoms with Gasteiger partial charge < -0.3 is 0 Å². The number of fused-ring (bicyclic) bond motifs is 1. The van der Waals surface area contributed by atoms with E-state index in [4.69, 9.17) is 0 Å². The number of aryl methyl sites for hydroxylation is 2. The summed E-state index contributed by atoms with van der Waals surface area (Å²) in [4.78, 5) is 1.18. The Morgan fingerprint density at radius 3 is 2.81 bits per heavy atom. The minimum atomic E-state index is 0.761. The third-order valence-corrected chi connectivity index (χ3v) is 5.81. The Labute approximate surface area is 157 Å². The minimum absolute atomic E-state index is 0.761. The number of nitrogens with zero attached hydrogens (tertiary/aromatic N) is 2. The van der Waals surface area contributed by atoms with Gasteiger partial charge in [0.25, 0.3) is 0 Å². The van der Waals surface area contributed by atoms with Gasteiger partial charge in [0.1, 0.15) is 0 Å². The quantitative estimate of drug-likeness (QED) is 0.531. The van der Waals surface area contributed by atoms with Gasteiger partial charge in [0.05, 0.1) is 23.4 Å². The van der Waals surface area contributed by atoms with E-state index in [1.165, 1.54) is 16.0 Å². The first-order chi connectivity index (χ1) is 12.7. The summed E-state index contributed by atoms with van der Waals surface area (Å²) in [6.45, 7) is 4.28. The van der Waals surface area contributed by atoms with E-state index in [0.717, 1.165) is 46.3 Å². The maximum Gasteiger partial charge on any atom is 0.164 e. The standard InChI is InChI=1S/C22H19N3S/c1-3-4-15-9-17(12-23)21(22-14(2)7-8-26-22)19(10-15)16-5-6-20-18(11-16)13-24-25-20/h5-11,13H,3-4H2,1-2H3,(H,24,25)/p+1. The second-order valence-corrected chi connectivity index (χ2v) is 7.53. The van der Waals surface area contributed by atoms with Crippen LogP contribution in [-0.2, 0) is 6.42 Å². The molecule has 0 amide bonds. The molecule has 128 valence electrons. The Morgan fingerprint density at radius 1 is 1.19 bits per heavy atom. The van der Waals surface area contributed by atoms with E-state index in [-0.39, 0.29) is 0 Å². The molecule has 0 unspecified atom stereocenters. The maximum atomic E-state index is 9.86. The smallest absolute Gasteiger partial charge is 0.164 e. The first-order valence-electron chi connectivity index (χ1n) is 8.83. The van der Waals surface area contributed by atoms with Crippen LogP contribution in [0.1, 0.15) is 35.6 Å². The van der Waals surface area contributed by atoms with Crippen LogP contribution in [-0.4, -0.2) is 6.21 Å². The third kappa shape index (κ3) is 2.86. The van der Waals surface area contributed by atoms with Crippen molar-refractivity contribution in [1.82, 2.24) is 0 Å². The van der Waals surface area contributed by atoms with Crippen molar-refractivity contribution < 1.29 is 5.43 Å². The second-order valence-electron chi connectivity index (χ2n) is 6.61. The predicted molar refractivity (Wildman–Crippen MR) is 108 cm³/mol. The molecule has 2 aromatic carbocycles. The Hall–Kier alpha value is -2.74. The fourth-order valence-corrected chi connectivity index (χ4v) is 4.49. The molecule has 4 rings (SSSR count). The van der Waals surface area contributed by atoms with Crippen molar-refractivity contribution in [3.63, 3.8) is 0 Å². The molecule has 1 aromatic heterocycles. The van der Waals surface area contributed by atoms with Gasteiger partial charge in [-0.3, -0.25) is 0 Å². The van der Waals surface area contributed by atoms with Crippen LogP contribution in [0.3, 0.4) is 0 Å². The molecule has 2 heterocycles. The zero-order valence-corrected chi connectivity index (χ0v) is 15.7. The van der Waals surface area contributed by atoms with Crippen molar-refractivity contribution >= 4 is 23.2 Å². The maximum absolute atomic E-state index is 9.86. The number of quaternary nitrogens is 1. The normalized spacial score (nSPS) is 12.2. The summed E-state index contributed by atoms with van der Waals surface area (Å²) in [5.41, 5.74) is 10.7. The molecule has 3 nitrogen and oxygen atoms in total. The van der Waals surface area contributed by atoms with E-state index in [9.17, 15) is 5.26 Å². The summed E-state index contributed by atoms with van der Waals surface area (Å²) in [6, 6.07) is 15.3. The fraction of sp³-hybridized carbons (Fsp3) is 0.182. The first-order valence-corrected chi connectivity index (χ1v) is 9.71. The summed E-state index contributed by atoms with van der Waals surface area (Å²) >= 11 is 1.70. The zero-order valence-electron chi connectivity index (χ0n) is 14.9. The summed E-state index contributed by atoms with van der Waals surface area (Å²) in [5.74, 6) is 0. The number of nitriles is 1. The van der Waals surface area contributed by atoms with Gasteiger partial charge in [0.2, 0.25) is 0 Å². The lowest BCUT2D eigenvalue weighted by atomic mass is 9.89. The van der Waals surface area contributed by atoms with Crippen molar-refractivity contribution in [2.45, 2.75) is 26.7 Å². The van der Waals surface area contributed by atoms with Crippen molar-refractivity contribution in [1.29, 1.82) is 5.26 Å². The zero-order chi connectivity index (χ0) is 18.1. The highest BCUT2D eigenvalue weighted by Gasteiger charge is 2.19. The molecule has 0 aliphatic carbocycles. The molecule has 4 heteroatoms. The lowest BCUT2D eigenvalue weighted by Gasteiger charge is -2.15. The number of nitrogens with two attached hydrogens (primary N) is 1. The Morgan fingerprint density at radius 2 is 2.08 bits per heavy atom. The van der Waals surface area contributed by atoms with Crippen LogP contribution < -0.4 is 5.43 Å². The van der Waals surface area contributed by atoms with Gasteiger partial charge in [-0.25, -0.2) is 0 Å². The van der Waals surface area contributed by atoms with E-state index in [1.54, 1.807) is 11.3 Å². The molecule has 0 atom stereocenters. The largest absolute Gasteiger partial charge is 0.192 e. The van der Waals surface area contributed by atoms with Crippen LogP contribution in [0.2, 0.25) is 0 Å². The molecule has 0 bridgehead atoms. The second kappa shape index (κ2) is 6.87. The molecule has 0 saturated carbocycles. The Balaban J connectivity index is 2.00. The topological polar surface area (TPSA) is 52.8 Å². The van der Waals surface area contributed by atoms with Gasteiger partial charge in [-0.15, -0.1) is 11.3 Å². The summed E-state index contributed by atoms with van der Waals surface area (Å²) in [5, 5.41) is 16.2. The van der Waals surface area contributed by atoms with Gasteiger partial charge >= 0.3 is 0 Å². The molecule has 3 aromatic rings. The SMILES string of the molecule is CCCc1cc(C#N)c(-c2sccc2C)c(-c2ccc3c(c2)C=N[NH2+]3)c1. The number of hydrogen-bond donors (Lipinski definition) is 1. The molecular weight excluding hydrogens is 338 g/mol. The average Bonchev–Trinajstić information content (AvgIpc) is 3.29. The van der Waals surface area contributed by atoms with Gasteiger partial charge in [0.15, 0.2) is 5.69 Å². The minimum Gasteiger partial charge on any atom is -0.192 e. The predicted octanol–water partition coefficient (Wildman–Crippen LogP) is 4.76. The lowest BCUT2D eigenvalue weighted by molar-refractivity contribution is -0.573. The number of thiophene rings is 1. The van der Waals surface area contributed by atoms with Crippen LogP contribution >= 0.6 is 11.3 Å². The molecule has 2 N–H and O–H groups in total. The number of rotatable bonds is 4. The lowest BCUT2D eigenvalue weighted by Crippen LogP contribution is -2.69. The third-order valence-electron chi connectivity index (χ3n) is 4.77. The van der Waals surface area contributed by atoms with Gasteiger partial charge in [-0.1, -0.05) is 24.5 Å². The fourth-order valence-electron chi connectivity index (χ4n) is 3.49. The van der Waals surface area contributed by atoms with Crippen LogP contribution in [0.15, 0.2) is 46.9 Å². The molecule has 26 heavy (non-hydrogen) atoms. The van der Waals surface area contributed by atoms with Crippen molar-refractivity contribution in [2.75, 3.05) is 0 Å². The molecule has 0 radical (unpaired) electrons.